The van der Waals surface area contributed by atoms with Crippen molar-refractivity contribution in [3.8, 4) is 0 Å². The number of rotatable bonds is 5. The van der Waals surface area contributed by atoms with Gasteiger partial charge in [0.15, 0.2) is 5.16 Å². The first-order chi connectivity index (χ1) is 9.58. The second-order valence-corrected chi connectivity index (χ2v) is 5.86. The average molecular weight is 309 g/mol. The Morgan fingerprint density at radius 2 is 2.00 bits per heavy atom. The van der Waals surface area contributed by atoms with Crippen molar-refractivity contribution in [2.75, 3.05) is 11.9 Å². The molecule has 0 aliphatic rings. The zero-order chi connectivity index (χ0) is 14.5. The molecular formula is C14H17ClN4S. The highest BCUT2D eigenvalue weighted by molar-refractivity contribution is 7.99. The molecule has 2 aromatic rings. The molecule has 1 aromatic heterocycles. The van der Waals surface area contributed by atoms with Crippen LogP contribution in [0.2, 0.25) is 5.28 Å². The molecule has 0 saturated carbocycles. The van der Waals surface area contributed by atoms with Gasteiger partial charge in [0.2, 0.25) is 11.2 Å². The van der Waals surface area contributed by atoms with E-state index in [4.69, 9.17) is 11.6 Å². The van der Waals surface area contributed by atoms with Crippen LogP contribution >= 0.6 is 23.4 Å². The maximum Gasteiger partial charge on any atom is 0.228 e. The van der Waals surface area contributed by atoms with Crippen molar-refractivity contribution < 1.29 is 0 Å². The molecular weight excluding hydrogens is 292 g/mol. The van der Waals surface area contributed by atoms with E-state index in [2.05, 4.69) is 59.2 Å². The molecule has 0 aliphatic heterocycles. The van der Waals surface area contributed by atoms with Crippen LogP contribution < -0.4 is 5.32 Å². The first kappa shape index (κ1) is 15.1. The maximum absolute atomic E-state index is 5.94. The number of nitrogens with zero attached hydrogens (tertiary/aromatic N) is 3. The summed E-state index contributed by atoms with van der Waals surface area (Å²) in [6.45, 7) is 7.05. The van der Waals surface area contributed by atoms with Crippen LogP contribution in [0.3, 0.4) is 0 Å². The van der Waals surface area contributed by atoms with Gasteiger partial charge >= 0.3 is 0 Å². The third-order valence-corrected chi connectivity index (χ3v) is 3.86. The molecule has 6 heteroatoms. The van der Waals surface area contributed by atoms with E-state index in [1.807, 2.05) is 0 Å². The Morgan fingerprint density at radius 3 is 2.70 bits per heavy atom. The SMILES string of the molecule is CCCNc1nc(Cl)nc(Sc2ccc(C)cc2C)n1. The Bertz CT molecular complexity index is 604. The molecule has 0 amide bonds. The molecule has 0 atom stereocenters. The molecule has 4 nitrogen and oxygen atoms in total. The molecule has 2 rings (SSSR count). The van der Waals surface area contributed by atoms with E-state index in [9.17, 15) is 0 Å². The lowest BCUT2D eigenvalue weighted by Gasteiger charge is -2.07. The molecule has 1 aromatic carbocycles. The number of halogens is 1. The van der Waals surface area contributed by atoms with Gasteiger partial charge in [0.25, 0.3) is 0 Å². The van der Waals surface area contributed by atoms with Gasteiger partial charge in [-0.1, -0.05) is 24.6 Å². The largest absolute Gasteiger partial charge is 0.354 e. The fourth-order valence-corrected chi connectivity index (χ4v) is 2.73. The average Bonchev–Trinajstić information content (AvgIpc) is 2.39. The summed E-state index contributed by atoms with van der Waals surface area (Å²) in [4.78, 5) is 13.7. The monoisotopic (exact) mass is 308 g/mol. The summed E-state index contributed by atoms with van der Waals surface area (Å²) in [7, 11) is 0. The van der Waals surface area contributed by atoms with Crippen LogP contribution in [-0.4, -0.2) is 21.5 Å². The summed E-state index contributed by atoms with van der Waals surface area (Å²) in [6, 6.07) is 6.29. The fraction of sp³-hybridized carbons (Fsp3) is 0.357. The van der Waals surface area contributed by atoms with Crippen LogP contribution in [0.25, 0.3) is 0 Å². The van der Waals surface area contributed by atoms with Gasteiger partial charge in [-0.3, -0.25) is 0 Å². The minimum atomic E-state index is 0.214. The quantitative estimate of drug-likeness (QED) is 0.900. The molecule has 0 bridgehead atoms. The van der Waals surface area contributed by atoms with Gasteiger partial charge in [0, 0.05) is 11.4 Å². The smallest absolute Gasteiger partial charge is 0.228 e. The molecule has 20 heavy (non-hydrogen) atoms. The molecule has 0 spiro atoms. The first-order valence-electron chi connectivity index (χ1n) is 6.49. The van der Waals surface area contributed by atoms with Crippen LogP contribution in [0.1, 0.15) is 24.5 Å². The van der Waals surface area contributed by atoms with Crippen molar-refractivity contribution >= 4 is 29.3 Å². The van der Waals surface area contributed by atoms with Crippen molar-refractivity contribution in [2.24, 2.45) is 0 Å². The molecule has 0 saturated heterocycles. The zero-order valence-corrected chi connectivity index (χ0v) is 13.3. The predicted molar refractivity (Wildman–Crippen MR) is 83.7 cm³/mol. The standard InChI is InChI=1S/C14H17ClN4S/c1-4-7-16-13-17-12(15)18-14(19-13)20-11-6-5-9(2)8-10(11)3/h5-6,8H,4,7H2,1-3H3,(H,16,17,18,19). The summed E-state index contributed by atoms with van der Waals surface area (Å²) >= 11 is 7.44. The number of aromatic nitrogens is 3. The Labute approximate surface area is 128 Å². The molecule has 1 N–H and O–H groups in total. The van der Waals surface area contributed by atoms with Crippen molar-refractivity contribution in [1.29, 1.82) is 0 Å². The highest BCUT2D eigenvalue weighted by atomic mass is 35.5. The molecule has 106 valence electrons. The van der Waals surface area contributed by atoms with Gasteiger partial charge in [-0.05, 0) is 55.3 Å². The highest BCUT2D eigenvalue weighted by Crippen LogP contribution is 2.29. The highest BCUT2D eigenvalue weighted by Gasteiger charge is 2.08. The third-order valence-electron chi connectivity index (χ3n) is 2.65. The first-order valence-corrected chi connectivity index (χ1v) is 7.68. The van der Waals surface area contributed by atoms with Crippen LogP contribution in [0, 0.1) is 13.8 Å². The van der Waals surface area contributed by atoms with E-state index in [1.54, 1.807) is 0 Å². The van der Waals surface area contributed by atoms with E-state index in [0.29, 0.717) is 11.1 Å². The van der Waals surface area contributed by atoms with E-state index >= 15 is 0 Å². The van der Waals surface area contributed by atoms with Crippen LogP contribution in [0.15, 0.2) is 28.3 Å². The number of benzene rings is 1. The summed E-state index contributed by atoms with van der Waals surface area (Å²) in [6.07, 6.45) is 1.00. The lowest BCUT2D eigenvalue weighted by Crippen LogP contribution is -2.06. The maximum atomic E-state index is 5.94. The third kappa shape index (κ3) is 4.08. The Morgan fingerprint density at radius 1 is 1.20 bits per heavy atom. The summed E-state index contributed by atoms with van der Waals surface area (Å²) in [5.41, 5.74) is 2.44. The van der Waals surface area contributed by atoms with Gasteiger partial charge in [-0.15, -0.1) is 0 Å². The van der Waals surface area contributed by atoms with E-state index in [0.717, 1.165) is 17.9 Å². The van der Waals surface area contributed by atoms with Gasteiger partial charge in [-0.25, -0.2) is 0 Å². The molecule has 0 radical (unpaired) electrons. The minimum absolute atomic E-state index is 0.214. The van der Waals surface area contributed by atoms with Gasteiger partial charge in [0.05, 0.1) is 0 Å². The number of anilines is 1. The van der Waals surface area contributed by atoms with Crippen molar-refractivity contribution in [3.05, 3.63) is 34.6 Å². The Balaban J connectivity index is 2.21. The van der Waals surface area contributed by atoms with E-state index in [-0.39, 0.29) is 5.28 Å². The van der Waals surface area contributed by atoms with Crippen molar-refractivity contribution in [3.63, 3.8) is 0 Å². The topological polar surface area (TPSA) is 50.7 Å². The van der Waals surface area contributed by atoms with Crippen LogP contribution in [0.5, 0.6) is 0 Å². The molecule has 0 fully saturated rings. The summed E-state index contributed by atoms with van der Waals surface area (Å²) in [5, 5.41) is 3.95. The normalized spacial score (nSPS) is 10.6. The van der Waals surface area contributed by atoms with Crippen LogP contribution in [-0.2, 0) is 0 Å². The molecule has 1 heterocycles. The number of hydrogen-bond donors (Lipinski definition) is 1. The Hall–Kier alpha value is -1.33. The van der Waals surface area contributed by atoms with Gasteiger partial charge in [-0.2, -0.15) is 15.0 Å². The fourth-order valence-electron chi connectivity index (χ4n) is 1.71. The second-order valence-electron chi connectivity index (χ2n) is 4.51. The van der Waals surface area contributed by atoms with Gasteiger partial charge in [0.1, 0.15) is 0 Å². The lowest BCUT2D eigenvalue weighted by molar-refractivity contribution is 0.877. The summed E-state index contributed by atoms with van der Waals surface area (Å²) < 4.78 is 0. The predicted octanol–water partition coefficient (Wildman–Crippen LogP) is 4.11. The zero-order valence-electron chi connectivity index (χ0n) is 11.8. The van der Waals surface area contributed by atoms with E-state index in [1.165, 1.54) is 22.9 Å². The summed E-state index contributed by atoms with van der Waals surface area (Å²) in [5.74, 6) is 0.527. The minimum Gasteiger partial charge on any atom is -0.354 e. The second kappa shape index (κ2) is 6.90. The molecule has 0 unspecified atom stereocenters. The van der Waals surface area contributed by atoms with Crippen molar-refractivity contribution in [1.82, 2.24) is 15.0 Å². The lowest BCUT2D eigenvalue weighted by atomic mass is 10.2. The van der Waals surface area contributed by atoms with Crippen LogP contribution in [0.4, 0.5) is 5.95 Å². The number of aryl methyl sites for hydroxylation is 2. The van der Waals surface area contributed by atoms with Crippen molar-refractivity contribution in [2.45, 2.75) is 37.2 Å². The number of nitrogens with one attached hydrogen (secondary N) is 1. The number of hydrogen-bond acceptors (Lipinski definition) is 5. The molecule has 0 aliphatic carbocycles. The van der Waals surface area contributed by atoms with Gasteiger partial charge < -0.3 is 5.32 Å². The van der Waals surface area contributed by atoms with E-state index < -0.39 is 0 Å². The Kier molecular flexibility index (Phi) is 5.20.